The second kappa shape index (κ2) is 6.29. The van der Waals surface area contributed by atoms with Crippen LogP contribution in [0.3, 0.4) is 0 Å². The first-order valence-corrected chi connectivity index (χ1v) is 7.68. The molecule has 1 aromatic carbocycles. The fourth-order valence-corrected chi connectivity index (χ4v) is 2.90. The van der Waals surface area contributed by atoms with Gasteiger partial charge in [0.1, 0.15) is 0 Å². The molecule has 1 atom stereocenters. The van der Waals surface area contributed by atoms with E-state index in [1.807, 2.05) is 6.92 Å². The third-order valence-electron chi connectivity index (χ3n) is 3.12. The van der Waals surface area contributed by atoms with E-state index < -0.39 is 20.6 Å². The van der Waals surface area contributed by atoms with Crippen LogP contribution in [-0.4, -0.2) is 25.9 Å². The van der Waals surface area contributed by atoms with E-state index in [1.165, 1.54) is 12.1 Å². The van der Waals surface area contributed by atoms with Gasteiger partial charge in [0.2, 0.25) is 10.0 Å². The van der Waals surface area contributed by atoms with Crippen LogP contribution in [0.2, 0.25) is 0 Å². The van der Waals surface area contributed by atoms with Crippen LogP contribution >= 0.6 is 0 Å². The Morgan fingerprint density at radius 3 is 2.40 bits per heavy atom. The lowest BCUT2D eigenvalue weighted by molar-refractivity contribution is -0.387. The Morgan fingerprint density at radius 1 is 1.35 bits per heavy atom. The average Bonchev–Trinajstić information content (AvgIpc) is 2.38. The molecule has 0 amide bonds. The number of hydrogen-bond donors (Lipinski definition) is 2. The fourth-order valence-electron chi connectivity index (χ4n) is 1.57. The largest absolute Gasteiger partial charge is 0.327 e. The predicted molar refractivity (Wildman–Crippen MR) is 76.0 cm³/mol. The molecule has 0 saturated carbocycles. The smallest absolute Gasteiger partial charge is 0.289 e. The van der Waals surface area contributed by atoms with Crippen molar-refractivity contribution in [1.29, 1.82) is 0 Å². The fraction of sp³-hybridized carbons (Fsp3) is 0.500. The van der Waals surface area contributed by atoms with E-state index in [2.05, 4.69) is 4.72 Å². The van der Waals surface area contributed by atoms with Crippen LogP contribution in [0.4, 0.5) is 5.69 Å². The molecule has 1 aromatic rings. The summed E-state index contributed by atoms with van der Waals surface area (Å²) in [5, 5.41) is 11.0. The summed E-state index contributed by atoms with van der Waals surface area (Å²) in [5.74, 6) is 0. The van der Waals surface area contributed by atoms with Crippen molar-refractivity contribution in [3.8, 4) is 0 Å². The van der Waals surface area contributed by atoms with Crippen LogP contribution in [0, 0.1) is 24.0 Å². The van der Waals surface area contributed by atoms with Crippen LogP contribution in [0.15, 0.2) is 17.0 Å². The Kier molecular flexibility index (Phi) is 5.21. The lowest BCUT2D eigenvalue weighted by Crippen LogP contribution is -2.36. The van der Waals surface area contributed by atoms with E-state index in [9.17, 15) is 18.5 Å². The first-order valence-electron chi connectivity index (χ1n) is 6.20. The maximum absolute atomic E-state index is 12.2. The van der Waals surface area contributed by atoms with Gasteiger partial charge >= 0.3 is 0 Å². The summed E-state index contributed by atoms with van der Waals surface area (Å²) in [6.07, 6.45) is 0.609. The molecule has 8 heteroatoms. The zero-order valence-corrected chi connectivity index (χ0v) is 12.5. The van der Waals surface area contributed by atoms with Crippen LogP contribution < -0.4 is 10.5 Å². The molecular weight excluding hydrogens is 282 g/mol. The van der Waals surface area contributed by atoms with E-state index in [0.29, 0.717) is 17.5 Å². The van der Waals surface area contributed by atoms with Crippen molar-refractivity contribution in [2.45, 2.75) is 38.1 Å². The predicted octanol–water partition coefficient (Wildman–Crippen LogP) is 1.23. The molecule has 0 fully saturated rings. The lowest BCUT2D eigenvalue weighted by Gasteiger charge is -2.12. The van der Waals surface area contributed by atoms with Crippen LogP contribution in [0.1, 0.15) is 24.5 Å². The number of nitrogens with zero attached hydrogens (tertiary/aromatic N) is 1. The summed E-state index contributed by atoms with van der Waals surface area (Å²) in [6, 6.07) is 2.26. The van der Waals surface area contributed by atoms with Gasteiger partial charge in [0, 0.05) is 18.7 Å². The van der Waals surface area contributed by atoms with Gasteiger partial charge < -0.3 is 5.73 Å². The van der Waals surface area contributed by atoms with Gasteiger partial charge in [0.15, 0.2) is 4.90 Å². The van der Waals surface area contributed by atoms with Gasteiger partial charge in [-0.2, -0.15) is 0 Å². The standard InChI is InChI=1S/C12H19N3O4S/c1-4-10(13)7-14-20(18,19)12-6-9(3)8(2)5-11(12)15(16)17/h5-6,10,14H,4,7,13H2,1-3H3. The highest BCUT2D eigenvalue weighted by molar-refractivity contribution is 7.89. The minimum atomic E-state index is -3.95. The number of nitrogens with one attached hydrogen (secondary N) is 1. The molecule has 0 aliphatic rings. The summed E-state index contributed by atoms with van der Waals surface area (Å²) >= 11 is 0. The molecule has 20 heavy (non-hydrogen) atoms. The number of aryl methyl sites for hydroxylation is 2. The SMILES string of the molecule is CCC(N)CNS(=O)(=O)c1cc(C)c(C)cc1[N+](=O)[O-]. The van der Waals surface area contributed by atoms with Crippen molar-refractivity contribution in [3.05, 3.63) is 33.4 Å². The van der Waals surface area contributed by atoms with Gasteiger partial charge in [-0.05, 0) is 37.5 Å². The molecule has 0 aliphatic carbocycles. The number of nitro groups is 1. The monoisotopic (exact) mass is 301 g/mol. The van der Waals surface area contributed by atoms with Gasteiger partial charge in [-0.1, -0.05) is 6.92 Å². The molecule has 1 rings (SSSR count). The summed E-state index contributed by atoms with van der Waals surface area (Å²) in [5.41, 5.74) is 6.57. The van der Waals surface area contributed by atoms with Crippen LogP contribution in [0.5, 0.6) is 0 Å². The molecular formula is C12H19N3O4S. The number of sulfonamides is 1. The molecule has 1 unspecified atom stereocenters. The van der Waals surface area contributed by atoms with Gasteiger partial charge in [-0.3, -0.25) is 10.1 Å². The Labute approximate surface area is 118 Å². The Morgan fingerprint density at radius 2 is 1.90 bits per heavy atom. The molecule has 0 aliphatic heterocycles. The van der Waals surface area contributed by atoms with Gasteiger partial charge in [-0.15, -0.1) is 0 Å². The molecule has 0 saturated heterocycles. The summed E-state index contributed by atoms with van der Waals surface area (Å²) in [7, 11) is -3.95. The third kappa shape index (κ3) is 3.75. The highest BCUT2D eigenvalue weighted by Gasteiger charge is 2.26. The molecule has 7 nitrogen and oxygen atoms in total. The highest BCUT2D eigenvalue weighted by Crippen LogP contribution is 2.27. The maximum Gasteiger partial charge on any atom is 0.289 e. The normalized spacial score (nSPS) is 13.2. The third-order valence-corrected chi connectivity index (χ3v) is 4.57. The van der Waals surface area contributed by atoms with Gasteiger partial charge in [0.25, 0.3) is 5.69 Å². The van der Waals surface area contributed by atoms with Crippen molar-refractivity contribution in [2.75, 3.05) is 6.54 Å². The van der Waals surface area contributed by atoms with Gasteiger partial charge in [0.05, 0.1) is 4.92 Å². The zero-order chi connectivity index (χ0) is 15.5. The number of hydrogen-bond acceptors (Lipinski definition) is 5. The molecule has 0 heterocycles. The maximum atomic E-state index is 12.2. The second-order valence-corrected chi connectivity index (χ2v) is 6.42. The Balaban J connectivity index is 3.23. The quantitative estimate of drug-likeness (QED) is 0.605. The van der Waals surface area contributed by atoms with E-state index in [0.717, 1.165) is 0 Å². The van der Waals surface area contributed by atoms with Crippen molar-refractivity contribution in [2.24, 2.45) is 5.73 Å². The minimum Gasteiger partial charge on any atom is -0.327 e. The van der Waals surface area contributed by atoms with E-state index in [4.69, 9.17) is 5.73 Å². The molecule has 3 N–H and O–H groups in total. The van der Waals surface area contributed by atoms with E-state index in [1.54, 1.807) is 13.8 Å². The molecule has 0 spiro atoms. The first-order chi connectivity index (χ1) is 9.19. The molecule has 0 radical (unpaired) electrons. The summed E-state index contributed by atoms with van der Waals surface area (Å²) < 4.78 is 26.7. The van der Waals surface area contributed by atoms with Crippen LogP contribution in [-0.2, 0) is 10.0 Å². The number of benzene rings is 1. The molecule has 112 valence electrons. The first kappa shape index (κ1) is 16.5. The Bertz CT molecular complexity index is 613. The van der Waals surface area contributed by atoms with E-state index >= 15 is 0 Å². The number of rotatable bonds is 6. The average molecular weight is 301 g/mol. The van der Waals surface area contributed by atoms with Crippen LogP contribution in [0.25, 0.3) is 0 Å². The highest BCUT2D eigenvalue weighted by atomic mass is 32.2. The number of nitro benzene ring substituents is 1. The van der Waals surface area contributed by atoms with Gasteiger partial charge in [-0.25, -0.2) is 13.1 Å². The number of nitrogens with two attached hydrogens (primary N) is 1. The minimum absolute atomic E-state index is 0.0446. The summed E-state index contributed by atoms with van der Waals surface area (Å²) in [6.45, 7) is 5.27. The summed E-state index contributed by atoms with van der Waals surface area (Å²) in [4.78, 5) is 10.00. The lowest BCUT2D eigenvalue weighted by atomic mass is 10.1. The molecule has 0 aromatic heterocycles. The second-order valence-electron chi connectivity index (χ2n) is 4.68. The Hall–Kier alpha value is -1.51. The van der Waals surface area contributed by atoms with Crippen molar-refractivity contribution < 1.29 is 13.3 Å². The van der Waals surface area contributed by atoms with Crippen molar-refractivity contribution in [3.63, 3.8) is 0 Å². The molecule has 0 bridgehead atoms. The van der Waals surface area contributed by atoms with Crippen molar-refractivity contribution >= 4 is 15.7 Å². The zero-order valence-electron chi connectivity index (χ0n) is 11.7. The van der Waals surface area contributed by atoms with E-state index in [-0.39, 0.29) is 17.5 Å². The van der Waals surface area contributed by atoms with Crippen molar-refractivity contribution in [1.82, 2.24) is 4.72 Å². The topological polar surface area (TPSA) is 115 Å².